The average Bonchev–Trinajstić information content (AvgIpc) is 3.22. The summed E-state index contributed by atoms with van der Waals surface area (Å²) in [6.07, 6.45) is 4.16. The molecule has 3 aromatic carbocycles. The lowest BCUT2D eigenvalue weighted by molar-refractivity contribution is -0.144. The van der Waals surface area contributed by atoms with Crippen molar-refractivity contribution < 1.29 is 14.7 Å². The molecule has 2 N–H and O–H groups in total. The van der Waals surface area contributed by atoms with E-state index in [1.807, 2.05) is 54.6 Å². The van der Waals surface area contributed by atoms with Crippen LogP contribution in [0.3, 0.4) is 0 Å². The first-order chi connectivity index (χ1) is 14.1. The molecule has 1 fully saturated rings. The summed E-state index contributed by atoms with van der Waals surface area (Å²) in [5, 5.41) is 14.7. The van der Waals surface area contributed by atoms with Crippen LogP contribution >= 0.6 is 0 Å². The minimum Gasteiger partial charge on any atom is -0.480 e. The molecule has 0 bridgehead atoms. The first-order valence-corrected chi connectivity index (χ1v) is 10.2. The van der Waals surface area contributed by atoms with E-state index in [0.29, 0.717) is 24.8 Å². The highest BCUT2D eigenvalue weighted by Crippen LogP contribution is 2.31. The number of aliphatic carboxylic acids is 1. The molecule has 4 heteroatoms. The maximum absolute atomic E-state index is 13.2. The third-order valence-electron chi connectivity index (χ3n) is 6.01. The van der Waals surface area contributed by atoms with Crippen molar-refractivity contribution in [2.75, 3.05) is 0 Å². The van der Waals surface area contributed by atoms with E-state index in [2.05, 4.69) is 17.4 Å². The molecule has 148 valence electrons. The molecule has 0 unspecified atom stereocenters. The van der Waals surface area contributed by atoms with Crippen molar-refractivity contribution in [3.8, 4) is 0 Å². The van der Waals surface area contributed by atoms with Crippen molar-refractivity contribution in [2.24, 2.45) is 0 Å². The zero-order valence-corrected chi connectivity index (χ0v) is 16.4. The molecule has 0 heterocycles. The first kappa shape index (κ1) is 19.2. The largest absolute Gasteiger partial charge is 0.480 e. The first-order valence-electron chi connectivity index (χ1n) is 10.2. The number of amides is 1. The Balaban J connectivity index is 1.69. The van der Waals surface area contributed by atoms with E-state index in [9.17, 15) is 14.7 Å². The lowest BCUT2D eigenvalue weighted by Gasteiger charge is -2.26. The zero-order chi connectivity index (χ0) is 20.3. The van der Waals surface area contributed by atoms with Crippen LogP contribution in [0, 0.1) is 0 Å². The van der Waals surface area contributed by atoms with Gasteiger partial charge in [0.2, 0.25) is 0 Å². The normalized spacial score (nSPS) is 15.3. The lowest BCUT2D eigenvalue weighted by atomic mass is 9.92. The summed E-state index contributed by atoms with van der Waals surface area (Å²) in [6.45, 7) is 0. The van der Waals surface area contributed by atoms with Gasteiger partial charge >= 0.3 is 5.97 Å². The topological polar surface area (TPSA) is 66.4 Å². The summed E-state index contributed by atoms with van der Waals surface area (Å²) in [6, 6.07) is 22.0. The Hall–Kier alpha value is -3.14. The Morgan fingerprint density at radius 3 is 2.28 bits per heavy atom. The molecule has 3 aromatic rings. The predicted molar refractivity (Wildman–Crippen MR) is 114 cm³/mol. The predicted octanol–water partition coefficient (Wildman–Crippen LogP) is 4.75. The van der Waals surface area contributed by atoms with E-state index in [-0.39, 0.29) is 5.91 Å². The Morgan fingerprint density at radius 1 is 0.862 bits per heavy atom. The standard InChI is InChI=1S/C25H25NO3/c27-23(26-25(24(28)29)16-6-7-17-25)22-15-13-19-10-4-5-11-20(19)21(22)14-12-18-8-2-1-3-9-18/h1-5,8-11,13,15H,6-7,12,14,16-17H2,(H,26,27)(H,28,29). The SMILES string of the molecule is O=C(NC1(C(=O)O)CCCC1)c1ccc2ccccc2c1CCc1ccccc1. The van der Waals surface area contributed by atoms with Crippen LogP contribution in [0.5, 0.6) is 0 Å². The van der Waals surface area contributed by atoms with Crippen molar-refractivity contribution in [1.82, 2.24) is 5.32 Å². The van der Waals surface area contributed by atoms with Crippen molar-refractivity contribution in [3.05, 3.63) is 83.4 Å². The lowest BCUT2D eigenvalue weighted by Crippen LogP contribution is -2.52. The number of carboxylic acid groups (broad SMARTS) is 1. The zero-order valence-electron chi connectivity index (χ0n) is 16.4. The summed E-state index contributed by atoms with van der Waals surface area (Å²) in [7, 11) is 0. The van der Waals surface area contributed by atoms with E-state index < -0.39 is 11.5 Å². The van der Waals surface area contributed by atoms with Gasteiger partial charge in [-0.25, -0.2) is 4.79 Å². The van der Waals surface area contributed by atoms with Crippen LogP contribution in [0.25, 0.3) is 10.8 Å². The van der Waals surface area contributed by atoms with Gasteiger partial charge in [-0.15, -0.1) is 0 Å². The van der Waals surface area contributed by atoms with Gasteiger partial charge in [-0.3, -0.25) is 4.79 Å². The fourth-order valence-corrected chi connectivity index (χ4v) is 4.39. The molecular weight excluding hydrogens is 362 g/mol. The number of carboxylic acids is 1. The monoisotopic (exact) mass is 387 g/mol. The number of rotatable bonds is 6. The summed E-state index contributed by atoms with van der Waals surface area (Å²) in [4.78, 5) is 25.1. The second-order valence-corrected chi connectivity index (χ2v) is 7.85. The molecule has 0 radical (unpaired) electrons. The molecule has 4 nitrogen and oxygen atoms in total. The van der Waals surface area contributed by atoms with Crippen LogP contribution in [-0.4, -0.2) is 22.5 Å². The van der Waals surface area contributed by atoms with E-state index in [4.69, 9.17) is 0 Å². The maximum atomic E-state index is 13.2. The molecule has 4 rings (SSSR count). The Labute approximate surface area is 170 Å². The Bertz CT molecular complexity index is 1040. The molecule has 0 spiro atoms. The van der Waals surface area contributed by atoms with Gasteiger partial charge in [0.25, 0.3) is 5.91 Å². The van der Waals surface area contributed by atoms with Crippen molar-refractivity contribution >= 4 is 22.6 Å². The second kappa shape index (κ2) is 8.08. The van der Waals surface area contributed by atoms with Crippen molar-refractivity contribution in [3.63, 3.8) is 0 Å². The van der Waals surface area contributed by atoms with Crippen LogP contribution in [0.15, 0.2) is 66.7 Å². The molecule has 29 heavy (non-hydrogen) atoms. The van der Waals surface area contributed by atoms with Gasteiger partial charge in [-0.2, -0.15) is 0 Å². The van der Waals surface area contributed by atoms with Crippen LogP contribution in [0.1, 0.15) is 47.2 Å². The Morgan fingerprint density at radius 2 is 1.55 bits per heavy atom. The molecule has 1 aliphatic carbocycles. The Kier molecular flexibility index (Phi) is 5.34. The molecule has 0 aliphatic heterocycles. The number of hydrogen-bond acceptors (Lipinski definition) is 2. The molecule has 0 aromatic heterocycles. The van der Waals surface area contributed by atoms with Crippen LogP contribution in [0.2, 0.25) is 0 Å². The molecule has 0 atom stereocenters. The highest BCUT2D eigenvalue weighted by Gasteiger charge is 2.43. The number of fused-ring (bicyclic) bond motifs is 1. The minimum atomic E-state index is -1.14. The average molecular weight is 387 g/mol. The smallest absolute Gasteiger partial charge is 0.329 e. The maximum Gasteiger partial charge on any atom is 0.329 e. The van der Waals surface area contributed by atoms with Gasteiger partial charge in [-0.1, -0.05) is 73.5 Å². The molecule has 1 saturated carbocycles. The highest BCUT2D eigenvalue weighted by atomic mass is 16.4. The number of benzene rings is 3. The molecule has 1 amide bonds. The van der Waals surface area contributed by atoms with Crippen LogP contribution in [-0.2, 0) is 17.6 Å². The third kappa shape index (κ3) is 3.88. The molecule has 0 saturated heterocycles. The van der Waals surface area contributed by atoms with Gasteiger partial charge in [0, 0.05) is 5.56 Å². The number of aryl methyl sites for hydroxylation is 2. The van der Waals surface area contributed by atoms with Crippen LogP contribution in [0.4, 0.5) is 0 Å². The highest BCUT2D eigenvalue weighted by molar-refractivity contribution is 6.03. The van der Waals surface area contributed by atoms with Crippen molar-refractivity contribution in [1.29, 1.82) is 0 Å². The number of nitrogens with one attached hydrogen (secondary N) is 1. The van der Waals surface area contributed by atoms with Gasteiger partial charge in [0.15, 0.2) is 0 Å². The third-order valence-corrected chi connectivity index (χ3v) is 6.01. The van der Waals surface area contributed by atoms with E-state index >= 15 is 0 Å². The summed E-state index contributed by atoms with van der Waals surface area (Å²) in [5.74, 6) is -1.22. The van der Waals surface area contributed by atoms with Crippen molar-refractivity contribution in [2.45, 2.75) is 44.1 Å². The van der Waals surface area contributed by atoms with Gasteiger partial charge in [-0.05, 0) is 53.6 Å². The summed E-state index contributed by atoms with van der Waals surface area (Å²) >= 11 is 0. The van der Waals surface area contributed by atoms with E-state index in [1.165, 1.54) is 5.56 Å². The number of carbonyl (C=O) groups is 2. The second-order valence-electron chi connectivity index (χ2n) is 7.85. The quantitative estimate of drug-likeness (QED) is 0.641. The van der Waals surface area contributed by atoms with E-state index in [1.54, 1.807) is 0 Å². The molecular formula is C25H25NO3. The number of carbonyl (C=O) groups excluding carboxylic acids is 1. The fraction of sp³-hybridized carbons (Fsp3) is 0.280. The van der Waals surface area contributed by atoms with Crippen LogP contribution < -0.4 is 5.32 Å². The summed E-state index contributed by atoms with van der Waals surface area (Å²) in [5.41, 5.74) is 1.62. The van der Waals surface area contributed by atoms with Gasteiger partial charge in [0.05, 0.1) is 0 Å². The van der Waals surface area contributed by atoms with Gasteiger partial charge in [0.1, 0.15) is 5.54 Å². The minimum absolute atomic E-state index is 0.289. The van der Waals surface area contributed by atoms with Gasteiger partial charge < -0.3 is 10.4 Å². The summed E-state index contributed by atoms with van der Waals surface area (Å²) < 4.78 is 0. The number of hydrogen-bond donors (Lipinski definition) is 2. The molecule has 1 aliphatic rings. The van der Waals surface area contributed by atoms with E-state index in [0.717, 1.165) is 35.6 Å². The fourth-order valence-electron chi connectivity index (χ4n) is 4.39.